The number of nitriles is 1. The molecule has 1 aromatic rings. The molecule has 1 heterocycles. The summed E-state index contributed by atoms with van der Waals surface area (Å²) in [5.41, 5.74) is -0.226. The second-order valence-electron chi connectivity index (χ2n) is 5.00. The van der Waals surface area contributed by atoms with Gasteiger partial charge in [0.2, 0.25) is 0 Å². The smallest absolute Gasteiger partial charge is 0.372 e. The summed E-state index contributed by atoms with van der Waals surface area (Å²) in [6.07, 6.45) is -4.48. The van der Waals surface area contributed by atoms with E-state index >= 15 is 0 Å². The molecule has 0 bridgehead atoms. The van der Waals surface area contributed by atoms with Gasteiger partial charge < -0.3 is 9.64 Å². The Bertz CT molecular complexity index is 526. The van der Waals surface area contributed by atoms with Crippen molar-refractivity contribution in [1.29, 1.82) is 5.26 Å². The average Bonchev–Trinajstić information content (AvgIpc) is 2.35. The Hall–Kier alpha value is -1.74. The van der Waals surface area contributed by atoms with Crippen molar-refractivity contribution in [3.63, 3.8) is 0 Å². The van der Waals surface area contributed by atoms with Crippen molar-refractivity contribution in [2.45, 2.75) is 32.2 Å². The number of halogens is 3. The van der Waals surface area contributed by atoms with Crippen LogP contribution in [0.15, 0.2) is 18.2 Å². The van der Waals surface area contributed by atoms with Gasteiger partial charge in [-0.2, -0.15) is 18.4 Å². The Kier molecular flexibility index (Phi) is 3.91. The van der Waals surface area contributed by atoms with Gasteiger partial charge >= 0.3 is 6.18 Å². The van der Waals surface area contributed by atoms with Crippen LogP contribution in [0.4, 0.5) is 18.9 Å². The first-order valence-electron chi connectivity index (χ1n) is 6.33. The third-order valence-corrected chi connectivity index (χ3v) is 3.20. The van der Waals surface area contributed by atoms with E-state index in [4.69, 9.17) is 10.00 Å². The average molecular weight is 284 g/mol. The van der Waals surface area contributed by atoms with Crippen LogP contribution in [0, 0.1) is 11.3 Å². The summed E-state index contributed by atoms with van der Waals surface area (Å²) in [5, 5.41) is 9.10. The topological polar surface area (TPSA) is 36.3 Å². The molecule has 20 heavy (non-hydrogen) atoms. The van der Waals surface area contributed by atoms with Gasteiger partial charge in [0.25, 0.3) is 0 Å². The minimum Gasteiger partial charge on any atom is -0.372 e. The summed E-state index contributed by atoms with van der Waals surface area (Å²) in [6, 6.07) is 5.14. The molecule has 1 aromatic carbocycles. The first kappa shape index (κ1) is 14.7. The summed E-state index contributed by atoms with van der Waals surface area (Å²) in [5.74, 6) is 0. The molecule has 1 fully saturated rings. The Balaban J connectivity index is 2.35. The Morgan fingerprint density at radius 2 is 1.85 bits per heavy atom. The number of hydrogen-bond donors (Lipinski definition) is 0. The molecule has 108 valence electrons. The van der Waals surface area contributed by atoms with Gasteiger partial charge in [-0.25, -0.2) is 0 Å². The predicted octanol–water partition coefficient (Wildman–Crippen LogP) is 3.19. The molecule has 1 saturated heterocycles. The van der Waals surface area contributed by atoms with Crippen LogP contribution < -0.4 is 4.90 Å². The molecule has 6 heteroatoms. The molecule has 0 amide bonds. The molecule has 2 rings (SSSR count). The van der Waals surface area contributed by atoms with E-state index in [1.807, 2.05) is 24.8 Å². The van der Waals surface area contributed by atoms with Crippen LogP contribution in [0.5, 0.6) is 0 Å². The van der Waals surface area contributed by atoms with Crippen LogP contribution in [0.2, 0.25) is 0 Å². The van der Waals surface area contributed by atoms with Gasteiger partial charge in [-0.3, -0.25) is 0 Å². The molecular weight excluding hydrogens is 269 g/mol. The summed E-state index contributed by atoms with van der Waals surface area (Å²) < 4.78 is 43.6. The number of anilines is 1. The molecule has 3 nitrogen and oxygen atoms in total. The van der Waals surface area contributed by atoms with Crippen LogP contribution in [0.25, 0.3) is 0 Å². The first-order valence-corrected chi connectivity index (χ1v) is 6.33. The Morgan fingerprint density at radius 1 is 1.25 bits per heavy atom. The molecule has 0 N–H and O–H groups in total. The number of benzene rings is 1. The summed E-state index contributed by atoms with van der Waals surface area (Å²) >= 11 is 0. The zero-order valence-electron chi connectivity index (χ0n) is 11.2. The predicted molar refractivity (Wildman–Crippen MR) is 68.4 cm³/mol. The Morgan fingerprint density at radius 3 is 2.35 bits per heavy atom. The highest BCUT2D eigenvalue weighted by molar-refractivity contribution is 5.61. The lowest BCUT2D eigenvalue weighted by atomic mass is 10.1. The highest BCUT2D eigenvalue weighted by Crippen LogP contribution is 2.33. The van der Waals surface area contributed by atoms with Crippen LogP contribution in [-0.4, -0.2) is 25.3 Å². The zero-order chi connectivity index (χ0) is 14.9. The van der Waals surface area contributed by atoms with Crippen molar-refractivity contribution >= 4 is 5.69 Å². The summed E-state index contributed by atoms with van der Waals surface area (Å²) in [7, 11) is 0. The van der Waals surface area contributed by atoms with Gasteiger partial charge in [-0.15, -0.1) is 0 Å². The minimum absolute atomic E-state index is 0.0208. The van der Waals surface area contributed by atoms with E-state index in [2.05, 4.69) is 0 Å². The van der Waals surface area contributed by atoms with Gasteiger partial charge in [-0.05, 0) is 32.0 Å². The highest BCUT2D eigenvalue weighted by atomic mass is 19.4. The van der Waals surface area contributed by atoms with E-state index in [1.165, 1.54) is 6.07 Å². The molecule has 1 aliphatic rings. The van der Waals surface area contributed by atoms with E-state index in [0.717, 1.165) is 12.1 Å². The minimum atomic E-state index is -4.43. The fourth-order valence-corrected chi connectivity index (χ4v) is 2.45. The van der Waals surface area contributed by atoms with Crippen LogP contribution >= 0.6 is 0 Å². The lowest BCUT2D eigenvalue weighted by molar-refractivity contribution is -0.137. The Labute approximate surface area is 115 Å². The SMILES string of the molecule is CC1CN(c2ccc(C(F)(F)F)cc2C#N)CC(C)O1. The fourth-order valence-electron chi connectivity index (χ4n) is 2.45. The van der Waals surface area contributed by atoms with E-state index in [9.17, 15) is 13.2 Å². The number of hydrogen-bond acceptors (Lipinski definition) is 3. The second kappa shape index (κ2) is 5.33. The van der Waals surface area contributed by atoms with Crippen LogP contribution in [-0.2, 0) is 10.9 Å². The number of alkyl halides is 3. The second-order valence-corrected chi connectivity index (χ2v) is 5.00. The van der Waals surface area contributed by atoms with Gasteiger partial charge in [0, 0.05) is 13.1 Å². The third-order valence-electron chi connectivity index (χ3n) is 3.20. The van der Waals surface area contributed by atoms with Gasteiger partial charge in [-0.1, -0.05) is 0 Å². The lowest BCUT2D eigenvalue weighted by Gasteiger charge is -2.37. The van der Waals surface area contributed by atoms with E-state index in [1.54, 1.807) is 0 Å². The molecule has 0 aliphatic carbocycles. The monoisotopic (exact) mass is 284 g/mol. The first-order chi connectivity index (χ1) is 9.31. The largest absolute Gasteiger partial charge is 0.416 e. The normalized spacial score (nSPS) is 23.5. The van der Waals surface area contributed by atoms with E-state index < -0.39 is 11.7 Å². The van der Waals surface area contributed by atoms with Gasteiger partial charge in [0.15, 0.2) is 0 Å². The number of nitrogens with zero attached hydrogens (tertiary/aromatic N) is 2. The molecule has 0 saturated carbocycles. The zero-order valence-corrected chi connectivity index (χ0v) is 11.2. The lowest BCUT2D eigenvalue weighted by Crippen LogP contribution is -2.45. The van der Waals surface area contributed by atoms with Crippen molar-refractivity contribution in [2.24, 2.45) is 0 Å². The maximum Gasteiger partial charge on any atom is 0.416 e. The van der Waals surface area contributed by atoms with E-state index in [-0.39, 0.29) is 17.8 Å². The highest BCUT2D eigenvalue weighted by Gasteiger charge is 2.32. The maximum absolute atomic E-state index is 12.7. The van der Waals surface area contributed by atoms with Crippen molar-refractivity contribution in [3.8, 4) is 6.07 Å². The maximum atomic E-state index is 12.7. The standard InChI is InChI=1S/C14H15F3N2O/c1-9-7-19(8-10(2)20-9)13-4-3-12(14(15,16)17)5-11(13)6-18/h3-5,9-10H,7-8H2,1-2H3. The quantitative estimate of drug-likeness (QED) is 0.794. The number of rotatable bonds is 1. The molecule has 0 aromatic heterocycles. The van der Waals surface area contributed by atoms with Crippen LogP contribution in [0.3, 0.4) is 0 Å². The number of morpholine rings is 1. The van der Waals surface area contributed by atoms with E-state index in [0.29, 0.717) is 18.8 Å². The van der Waals surface area contributed by atoms with Crippen molar-refractivity contribution < 1.29 is 17.9 Å². The summed E-state index contributed by atoms with van der Waals surface area (Å²) in [6.45, 7) is 4.92. The van der Waals surface area contributed by atoms with Crippen molar-refractivity contribution in [2.75, 3.05) is 18.0 Å². The molecule has 0 spiro atoms. The number of ether oxygens (including phenoxy) is 1. The van der Waals surface area contributed by atoms with Crippen molar-refractivity contribution in [1.82, 2.24) is 0 Å². The fraction of sp³-hybridized carbons (Fsp3) is 0.500. The molecule has 0 radical (unpaired) electrons. The molecule has 2 atom stereocenters. The van der Waals surface area contributed by atoms with Crippen molar-refractivity contribution in [3.05, 3.63) is 29.3 Å². The van der Waals surface area contributed by atoms with Gasteiger partial charge in [0.05, 0.1) is 29.0 Å². The molecule has 2 unspecified atom stereocenters. The third kappa shape index (κ3) is 3.05. The van der Waals surface area contributed by atoms with Crippen LogP contribution in [0.1, 0.15) is 25.0 Å². The molecular formula is C14H15F3N2O. The van der Waals surface area contributed by atoms with Gasteiger partial charge in [0.1, 0.15) is 6.07 Å². The molecule has 1 aliphatic heterocycles. The summed E-state index contributed by atoms with van der Waals surface area (Å²) in [4.78, 5) is 1.90.